The van der Waals surface area contributed by atoms with Crippen LogP contribution in [0.15, 0.2) is 6.07 Å². The summed E-state index contributed by atoms with van der Waals surface area (Å²) in [7, 11) is 0. The molecule has 2 rings (SSSR count). The minimum atomic E-state index is 0.297. The van der Waals surface area contributed by atoms with Gasteiger partial charge in [-0.1, -0.05) is 0 Å². The van der Waals surface area contributed by atoms with E-state index < -0.39 is 0 Å². The van der Waals surface area contributed by atoms with Gasteiger partial charge in [0.25, 0.3) is 0 Å². The third kappa shape index (κ3) is 2.07. The standard InChI is InChI=1S/C10H18N4O/c1-7(8-2-4-15-5-3-8)14-10(12)6-9(11)13-14/h6-8H,2-5,12H2,1H3,(H2,11,13). The van der Waals surface area contributed by atoms with Crippen molar-refractivity contribution in [1.82, 2.24) is 9.78 Å². The molecule has 1 aromatic rings. The maximum atomic E-state index is 5.84. The lowest BCUT2D eigenvalue weighted by atomic mass is 9.93. The molecule has 0 aromatic carbocycles. The van der Waals surface area contributed by atoms with Crippen molar-refractivity contribution in [2.75, 3.05) is 24.7 Å². The van der Waals surface area contributed by atoms with Crippen LogP contribution in [0.5, 0.6) is 0 Å². The van der Waals surface area contributed by atoms with Gasteiger partial charge in [0.05, 0.1) is 6.04 Å². The van der Waals surface area contributed by atoms with Crippen LogP contribution in [0.3, 0.4) is 0 Å². The Morgan fingerprint density at radius 1 is 1.47 bits per heavy atom. The van der Waals surface area contributed by atoms with E-state index in [1.165, 1.54) is 0 Å². The predicted octanol–water partition coefficient (Wildman–Crippen LogP) is 1.04. The van der Waals surface area contributed by atoms with Gasteiger partial charge in [-0.25, -0.2) is 4.68 Å². The molecule has 4 N–H and O–H groups in total. The predicted molar refractivity (Wildman–Crippen MR) is 59.3 cm³/mol. The molecule has 0 radical (unpaired) electrons. The lowest BCUT2D eigenvalue weighted by molar-refractivity contribution is 0.0499. The van der Waals surface area contributed by atoms with Gasteiger partial charge in [-0.3, -0.25) is 0 Å². The van der Waals surface area contributed by atoms with Crippen LogP contribution in [0.4, 0.5) is 11.6 Å². The number of anilines is 2. The minimum Gasteiger partial charge on any atom is -0.384 e. The monoisotopic (exact) mass is 210 g/mol. The van der Waals surface area contributed by atoms with Crippen LogP contribution in [0.25, 0.3) is 0 Å². The Morgan fingerprint density at radius 2 is 2.13 bits per heavy atom. The van der Waals surface area contributed by atoms with Crippen molar-refractivity contribution in [3.8, 4) is 0 Å². The maximum absolute atomic E-state index is 5.84. The van der Waals surface area contributed by atoms with E-state index in [4.69, 9.17) is 16.2 Å². The zero-order chi connectivity index (χ0) is 10.8. The van der Waals surface area contributed by atoms with Crippen molar-refractivity contribution in [2.45, 2.75) is 25.8 Å². The quantitative estimate of drug-likeness (QED) is 0.764. The highest BCUT2D eigenvalue weighted by Gasteiger charge is 2.23. The number of nitrogen functional groups attached to an aromatic ring is 2. The SMILES string of the molecule is CC(C1CCOCC1)n1nc(N)cc1N. The first kappa shape index (κ1) is 10.3. The fourth-order valence-electron chi connectivity index (χ4n) is 2.15. The van der Waals surface area contributed by atoms with Gasteiger partial charge in [0.15, 0.2) is 0 Å². The van der Waals surface area contributed by atoms with Crippen molar-refractivity contribution >= 4 is 11.6 Å². The molecule has 15 heavy (non-hydrogen) atoms. The third-order valence-corrected chi connectivity index (χ3v) is 3.12. The molecular formula is C10H18N4O. The number of aromatic nitrogens is 2. The second-order valence-corrected chi connectivity index (χ2v) is 4.13. The van der Waals surface area contributed by atoms with Gasteiger partial charge in [0.1, 0.15) is 11.6 Å². The Bertz CT molecular complexity index is 330. The molecule has 84 valence electrons. The molecule has 1 aromatic heterocycles. The zero-order valence-corrected chi connectivity index (χ0v) is 9.02. The van der Waals surface area contributed by atoms with E-state index in [1.807, 2.05) is 4.68 Å². The van der Waals surface area contributed by atoms with Crippen molar-refractivity contribution in [3.05, 3.63) is 6.07 Å². The lowest BCUT2D eigenvalue weighted by Gasteiger charge is -2.28. The van der Waals surface area contributed by atoms with Crippen LogP contribution < -0.4 is 11.5 Å². The Kier molecular flexibility index (Phi) is 2.81. The summed E-state index contributed by atoms with van der Waals surface area (Å²) < 4.78 is 7.16. The highest BCUT2D eigenvalue weighted by molar-refractivity contribution is 5.42. The first-order valence-corrected chi connectivity index (χ1v) is 5.36. The third-order valence-electron chi connectivity index (χ3n) is 3.12. The van der Waals surface area contributed by atoms with Gasteiger partial charge >= 0.3 is 0 Å². The number of nitrogens with zero attached hydrogens (tertiary/aromatic N) is 2. The van der Waals surface area contributed by atoms with E-state index in [-0.39, 0.29) is 0 Å². The molecule has 0 spiro atoms. The Hall–Kier alpha value is -1.23. The molecule has 2 heterocycles. The average Bonchev–Trinajstić information content (AvgIpc) is 2.58. The van der Waals surface area contributed by atoms with Crippen molar-refractivity contribution < 1.29 is 4.74 Å². The summed E-state index contributed by atoms with van der Waals surface area (Å²) >= 11 is 0. The molecule has 1 fully saturated rings. The van der Waals surface area contributed by atoms with Crippen LogP contribution in [-0.2, 0) is 4.74 Å². The molecule has 1 aliphatic heterocycles. The summed E-state index contributed by atoms with van der Waals surface area (Å²) in [6.45, 7) is 3.82. The summed E-state index contributed by atoms with van der Waals surface area (Å²) in [5.41, 5.74) is 11.4. The fraction of sp³-hybridized carbons (Fsp3) is 0.700. The van der Waals surface area contributed by atoms with Gasteiger partial charge in [-0.15, -0.1) is 0 Å². The minimum absolute atomic E-state index is 0.297. The smallest absolute Gasteiger partial charge is 0.147 e. The number of hydrogen-bond donors (Lipinski definition) is 2. The van der Waals surface area contributed by atoms with Crippen LogP contribution in [0, 0.1) is 5.92 Å². The summed E-state index contributed by atoms with van der Waals surface area (Å²) in [6.07, 6.45) is 2.14. The molecule has 1 unspecified atom stereocenters. The number of nitrogens with two attached hydrogens (primary N) is 2. The van der Waals surface area contributed by atoms with Gasteiger partial charge < -0.3 is 16.2 Å². The molecule has 5 heteroatoms. The highest BCUT2D eigenvalue weighted by Crippen LogP contribution is 2.29. The fourth-order valence-corrected chi connectivity index (χ4v) is 2.15. The molecule has 1 saturated heterocycles. The van der Waals surface area contributed by atoms with E-state index >= 15 is 0 Å². The topological polar surface area (TPSA) is 79.1 Å². The van der Waals surface area contributed by atoms with E-state index in [1.54, 1.807) is 6.07 Å². The molecule has 5 nitrogen and oxygen atoms in total. The Morgan fingerprint density at radius 3 is 2.67 bits per heavy atom. The van der Waals surface area contributed by atoms with Crippen LogP contribution in [0.1, 0.15) is 25.8 Å². The molecule has 0 saturated carbocycles. The van der Waals surface area contributed by atoms with Gasteiger partial charge in [0, 0.05) is 19.3 Å². The largest absolute Gasteiger partial charge is 0.384 e. The molecule has 0 amide bonds. The van der Waals surface area contributed by atoms with E-state index in [0.717, 1.165) is 26.1 Å². The van der Waals surface area contributed by atoms with Crippen molar-refractivity contribution in [3.63, 3.8) is 0 Å². The van der Waals surface area contributed by atoms with Crippen LogP contribution in [-0.4, -0.2) is 23.0 Å². The lowest BCUT2D eigenvalue weighted by Crippen LogP contribution is -2.25. The van der Waals surface area contributed by atoms with E-state index in [0.29, 0.717) is 23.6 Å². The molecular weight excluding hydrogens is 192 g/mol. The number of rotatable bonds is 2. The zero-order valence-electron chi connectivity index (χ0n) is 9.02. The maximum Gasteiger partial charge on any atom is 0.147 e. The Labute approximate surface area is 89.4 Å². The second-order valence-electron chi connectivity index (χ2n) is 4.13. The van der Waals surface area contributed by atoms with E-state index in [2.05, 4.69) is 12.0 Å². The molecule has 1 atom stereocenters. The van der Waals surface area contributed by atoms with Gasteiger partial charge in [-0.2, -0.15) is 5.10 Å². The van der Waals surface area contributed by atoms with Crippen molar-refractivity contribution in [1.29, 1.82) is 0 Å². The molecule has 1 aliphatic rings. The Balaban J connectivity index is 2.12. The number of hydrogen-bond acceptors (Lipinski definition) is 4. The average molecular weight is 210 g/mol. The van der Waals surface area contributed by atoms with Crippen molar-refractivity contribution in [2.24, 2.45) is 5.92 Å². The second kappa shape index (κ2) is 4.10. The van der Waals surface area contributed by atoms with Crippen LogP contribution >= 0.6 is 0 Å². The van der Waals surface area contributed by atoms with E-state index in [9.17, 15) is 0 Å². The summed E-state index contributed by atoms with van der Waals surface area (Å²) in [6, 6.07) is 2.00. The first-order chi connectivity index (χ1) is 7.18. The highest BCUT2D eigenvalue weighted by atomic mass is 16.5. The molecule has 0 aliphatic carbocycles. The summed E-state index contributed by atoms with van der Waals surface area (Å²) in [5, 5.41) is 4.21. The molecule has 0 bridgehead atoms. The van der Waals surface area contributed by atoms with Gasteiger partial charge in [0.2, 0.25) is 0 Å². The van der Waals surface area contributed by atoms with Crippen LogP contribution in [0.2, 0.25) is 0 Å². The number of ether oxygens (including phenoxy) is 1. The normalized spacial score (nSPS) is 20.3. The van der Waals surface area contributed by atoms with Gasteiger partial charge in [-0.05, 0) is 25.7 Å². The summed E-state index contributed by atoms with van der Waals surface area (Å²) in [5.74, 6) is 1.72. The summed E-state index contributed by atoms with van der Waals surface area (Å²) in [4.78, 5) is 0. The first-order valence-electron chi connectivity index (χ1n) is 5.36.